The first-order chi connectivity index (χ1) is 15.8. The highest BCUT2D eigenvalue weighted by molar-refractivity contribution is 7.89. The molecule has 10 nitrogen and oxygen atoms in total. The van der Waals surface area contributed by atoms with E-state index in [0.717, 1.165) is 25.9 Å². The van der Waals surface area contributed by atoms with Gasteiger partial charge < -0.3 is 15.4 Å². The first kappa shape index (κ1) is 24.1. The van der Waals surface area contributed by atoms with E-state index in [1.165, 1.54) is 10.4 Å². The van der Waals surface area contributed by atoms with Crippen LogP contribution in [0, 0.1) is 6.92 Å². The first-order valence-electron chi connectivity index (χ1n) is 11.5. The van der Waals surface area contributed by atoms with Crippen LogP contribution in [0.5, 0.6) is 0 Å². The lowest BCUT2D eigenvalue weighted by atomic mass is 10.2. The van der Waals surface area contributed by atoms with E-state index in [0.29, 0.717) is 63.2 Å². The summed E-state index contributed by atoms with van der Waals surface area (Å²) in [5.74, 6) is -0.112. The van der Waals surface area contributed by atoms with Crippen molar-refractivity contribution in [2.45, 2.75) is 30.7 Å². The zero-order chi connectivity index (χ0) is 23.4. The highest BCUT2D eigenvalue weighted by atomic mass is 32.2. The van der Waals surface area contributed by atoms with Gasteiger partial charge in [0.1, 0.15) is 0 Å². The number of sulfonamides is 1. The summed E-state index contributed by atoms with van der Waals surface area (Å²) in [7, 11) is -3.64. The number of amides is 2. The van der Waals surface area contributed by atoms with Gasteiger partial charge in [-0.15, -0.1) is 0 Å². The van der Waals surface area contributed by atoms with Crippen molar-refractivity contribution in [2.24, 2.45) is 0 Å². The molecule has 2 saturated heterocycles. The molecular formula is C22H33N5O5S. The molecule has 0 spiro atoms. The van der Waals surface area contributed by atoms with Crippen molar-refractivity contribution in [3.05, 3.63) is 23.8 Å². The fourth-order valence-electron chi connectivity index (χ4n) is 4.09. The number of hydrogen-bond donors (Lipinski definition) is 2. The molecule has 182 valence electrons. The largest absolute Gasteiger partial charge is 0.379 e. The summed E-state index contributed by atoms with van der Waals surface area (Å²) in [5.41, 5.74) is 1.11. The first-order valence-corrected chi connectivity index (χ1v) is 13.0. The number of ether oxygens (including phenoxy) is 1. The summed E-state index contributed by atoms with van der Waals surface area (Å²) in [6.07, 6.45) is 2.16. The Morgan fingerprint density at radius 1 is 0.970 bits per heavy atom. The lowest BCUT2D eigenvalue weighted by Gasteiger charge is -2.33. The minimum absolute atomic E-state index is 0.0749. The molecule has 2 heterocycles. The summed E-state index contributed by atoms with van der Waals surface area (Å²) >= 11 is 0. The fraction of sp³-hybridized carbons (Fsp3) is 0.636. The molecule has 2 aliphatic heterocycles. The van der Waals surface area contributed by atoms with E-state index in [2.05, 4.69) is 15.5 Å². The fourth-order valence-corrected chi connectivity index (χ4v) is 5.75. The van der Waals surface area contributed by atoms with E-state index in [1.54, 1.807) is 19.1 Å². The molecule has 33 heavy (non-hydrogen) atoms. The van der Waals surface area contributed by atoms with Gasteiger partial charge in [0.25, 0.3) is 0 Å². The molecule has 3 aliphatic rings. The topological polar surface area (TPSA) is 111 Å². The predicted molar refractivity (Wildman–Crippen MR) is 123 cm³/mol. The van der Waals surface area contributed by atoms with Crippen molar-refractivity contribution in [2.75, 3.05) is 70.9 Å². The monoisotopic (exact) mass is 479 g/mol. The molecule has 0 bridgehead atoms. The summed E-state index contributed by atoms with van der Waals surface area (Å²) in [5, 5.41) is 5.84. The van der Waals surface area contributed by atoms with Crippen molar-refractivity contribution < 1.29 is 22.7 Å². The SMILES string of the molecule is Cc1ccc(NC(=O)CN2CCN(CC(=O)NC3CC3)CC2)cc1S(=O)(=O)N1CCOCC1. The third-order valence-electron chi connectivity index (χ3n) is 6.20. The zero-order valence-corrected chi connectivity index (χ0v) is 19.9. The smallest absolute Gasteiger partial charge is 0.243 e. The van der Waals surface area contributed by atoms with Crippen LogP contribution in [0.1, 0.15) is 18.4 Å². The van der Waals surface area contributed by atoms with Crippen molar-refractivity contribution in [1.29, 1.82) is 0 Å². The molecular weight excluding hydrogens is 446 g/mol. The minimum Gasteiger partial charge on any atom is -0.379 e. The number of rotatable bonds is 8. The highest BCUT2D eigenvalue weighted by Crippen LogP contribution is 2.24. The van der Waals surface area contributed by atoms with Crippen LogP contribution < -0.4 is 10.6 Å². The average Bonchev–Trinajstić information content (AvgIpc) is 3.61. The van der Waals surface area contributed by atoms with Gasteiger partial charge in [-0.1, -0.05) is 6.07 Å². The molecule has 4 rings (SSSR count). The van der Waals surface area contributed by atoms with Crippen LogP contribution in [-0.4, -0.2) is 106 Å². The third kappa shape index (κ3) is 6.51. The van der Waals surface area contributed by atoms with Gasteiger partial charge >= 0.3 is 0 Å². The van der Waals surface area contributed by atoms with Gasteiger partial charge in [-0.2, -0.15) is 4.31 Å². The molecule has 2 amide bonds. The van der Waals surface area contributed by atoms with Crippen molar-refractivity contribution in [3.8, 4) is 0 Å². The lowest BCUT2D eigenvalue weighted by Crippen LogP contribution is -2.51. The second kappa shape index (κ2) is 10.5. The Morgan fingerprint density at radius 2 is 1.58 bits per heavy atom. The molecule has 1 aliphatic carbocycles. The molecule has 0 atom stereocenters. The Labute approximate surface area is 195 Å². The molecule has 0 aromatic heterocycles. The van der Waals surface area contributed by atoms with E-state index in [1.807, 2.05) is 4.90 Å². The Bertz CT molecular complexity index is 967. The second-order valence-electron chi connectivity index (χ2n) is 8.94. The number of nitrogens with one attached hydrogen (secondary N) is 2. The number of aryl methyl sites for hydroxylation is 1. The molecule has 0 unspecified atom stereocenters. The van der Waals surface area contributed by atoms with Crippen LogP contribution in [0.2, 0.25) is 0 Å². The second-order valence-corrected chi connectivity index (χ2v) is 10.8. The number of morpholine rings is 1. The summed E-state index contributed by atoms with van der Waals surface area (Å²) in [6.45, 7) is 6.67. The highest BCUT2D eigenvalue weighted by Gasteiger charge is 2.28. The van der Waals surface area contributed by atoms with Crippen LogP contribution in [0.4, 0.5) is 5.69 Å². The number of hydrogen-bond acceptors (Lipinski definition) is 7. The number of benzene rings is 1. The maximum absolute atomic E-state index is 13.0. The zero-order valence-electron chi connectivity index (χ0n) is 19.1. The predicted octanol–water partition coefficient (Wildman–Crippen LogP) is -0.149. The van der Waals surface area contributed by atoms with Crippen molar-refractivity contribution in [1.82, 2.24) is 19.4 Å². The molecule has 3 fully saturated rings. The normalized spacial score (nSPS) is 21.0. The number of carbonyl (C=O) groups excluding carboxylic acids is 2. The molecule has 1 aromatic carbocycles. The van der Waals surface area contributed by atoms with Crippen LogP contribution in [-0.2, 0) is 24.3 Å². The van der Waals surface area contributed by atoms with Gasteiger partial charge in [-0.05, 0) is 37.5 Å². The maximum atomic E-state index is 13.0. The summed E-state index contributed by atoms with van der Waals surface area (Å²) in [4.78, 5) is 28.9. The van der Waals surface area contributed by atoms with Gasteiger partial charge in [-0.3, -0.25) is 19.4 Å². The number of anilines is 1. The number of piperazine rings is 1. The van der Waals surface area contributed by atoms with E-state index in [-0.39, 0.29) is 23.3 Å². The van der Waals surface area contributed by atoms with E-state index in [4.69, 9.17) is 4.74 Å². The van der Waals surface area contributed by atoms with Crippen molar-refractivity contribution >= 4 is 27.5 Å². The van der Waals surface area contributed by atoms with E-state index >= 15 is 0 Å². The molecule has 11 heteroatoms. The van der Waals surface area contributed by atoms with Crippen LogP contribution in [0.3, 0.4) is 0 Å². The van der Waals surface area contributed by atoms with Crippen LogP contribution in [0.15, 0.2) is 23.1 Å². The van der Waals surface area contributed by atoms with Gasteiger partial charge in [-0.25, -0.2) is 8.42 Å². The molecule has 1 saturated carbocycles. The van der Waals surface area contributed by atoms with Crippen molar-refractivity contribution in [3.63, 3.8) is 0 Å². The standard InChI is InChI=1S/C22H33N5O5S/c1-17-2-3-19(14-20(17)33(30,31)27-10-12-32-13-11-27)24-22(29)16-26-8-6-25(7-9-26)15-21(28)23-18-4-5-18/h2-3,14,18H,4-13,15-16H2,1H3,(H,23,28)(H,24,29). The lowest BCUT2D eigenvalue weighted by molar-refractivity contribution is -0.123. The maximum Gasteiger partial charge on any atom is 0.243 e. The Hall–Kier alpha value is -2.05. The van der Waals surface area contributed by atoms with Crippen LogP contribution >= 0.6 is 0 Å². The van der Waals surface area contributed by atoms with Gasteiger partial charge in [0, 0.05) is 51.0 Å². The van der Waals surface area contributed by atoms with Gasteiger partial charge in [0.05, 0.1) is 31.2 Å². The molecule has 2 N–H and O–H groups in total. The number of nitrogens with zero attached hydrogens (tertiary/aromatic N) is 3. The summed E-state index contributed by atoms with van der Waals surface area (Å²) in [6, 6.07) is 5.35. The van der Waals surface area contributed by atoms with E-state index < -0.39 is 10.0 Å². The Kier molecular flexibility index (Phi) is 7.65. The summed E-state index contributed by atoms with van der Waals surface area (Å²) < 4.78 is 32.8. The Morgan fingerprint density at radius 3 is 2.18 bits per heavy atom. The molecule has 0 radical (unpaired) electrons. The van der Waals surface area contributed by atoms with E-state index in [9.17, 15) is 18.0 Å². The third-order valence-corrected chi connectivity index (χ3v) is 8.24. The van der Waals surface area contributed by atoms with Gasteiger partial charge in [0.2, 0.25) is 21.8 Å². The molecule has 1 aromatic rings. The average molecular weight is 480 g/mol. The van der Waals surface area contributed by atoms with Gasteiger partial charge in [0.15, 0.2) is 0 Å². The Balaban J connectivity index is 1.28. The number of carbonyl (C=O) groups is 2. The quantitative estimate of drug-likeness (QED) is 0.533. The van der Waals surface area contributed by atoms with Crippen LogP contribution in [0.25, 0.3) is 0 Å². The minimum atomic E-state index is -3.64.